The topological polar surface area (TPSA) is 47.9 Å². The minimum absolute atomic E-state index is 0.0498. The van der Waals surface area contributed by atoms with E-state index in [1.165, 1.54) is 63.9 Å². The largest absolute Gasteiger partial charge is 0.462 e. The van der Waals surface area contributed by atoms with Crippen LogP contribution >= 0.6 is 0 Å². The third-order valence-corrected chi connectivity index (χ3v) is 10.1. The van der Waals surface area contributed by atoms with Gasteiger partial charge in [0.1, 0.15) is 6.10 Å². The number of esters is 1. The minimum atomic E-state index is -0.333. The molecule has 0 radical (unpaired) electrons. The van der Waals surface area contributed by atoms with Gasteiger partial charge in [-0.05, 0) is 86.0 Å². The Morgan fingerprint density at radius 3 is 2.67 bits per heavy atom. The first-order chi connectivity index (χ1) is 17.2. The van der Waals surface area contributed by atoms with Gasteiger partial charge in [-0.15, -0.1) is 0 Å². The van der Waals surface area contributed by atoms with Crippen molar-refractivity contribution in [1.29, 1.82) is 0 Å². The summed E-state index contributed by atoms with van der Waals surface area (Å²) in [7, 11) is 0. The van der Waals surface area contributed by atoms with Gasteiger partial charge < -0.3 is 9.57 Å². The second-order valence-corrected chi connectivity index (χ2v) is 13.1. The number of ether oxygens (including phenoxy) is 1. The van der Waals surface area contributed by atoms with E-state index in [2.05, 4.69) is 51.9 Å². The fraction of sp³-hybridized carbons (Fsp3) is 0.812. The van der Waals surface area contributed by atoms with E-state index in [1.54, 1.807) is 5.57 Å². The van der Waals surface area contributed by atoms with Gasteiger partial charge in [0.15, 0.2) is 5.60 Å². The first-order valence-electron chi connectivity index (χ1n) is 15.0. The SMILES string of the molecule is CCC1=NO[C@]2(CC[C@H](OC(C)=O)C/C2=C/C=C2\CCC[C@]3(C)[C@@H]([C@H](C)CCCC(C)C)CC[C@@H]23)C1. The summed E-state index contributed by atoms with van der Waals surface area (Å²) in [5.41, 5.74) is 4.17. The lowest BCUT2D eigenvalue weighted by molar-refractivity contribution is -0.149. The summed E-state index contributed by atoms with van der Waals surface area (Å²) < 4.78 is 5.65. The maximum absolute atomic E-state index is 11.7. The Balaban J connectivity index is 1.52. The number of allylic oxidation sites excluding steroid dienone is 3. The molecule has 0 amide bonds. The average molecular weight is 498 g/mol. The highest BCUT2D eigenvalue weighted by atomic mass is 16.7. The van der Waals surface area contributed by atoms with Gasteiger partial charge in [-0.1, -0.05) is 76.8 Å². The highest BCUT2D eigenvalue weighted by Gasteiger charge is 2.51. The third kappa shape index (κ3) is 5.78. The zero-order valence-electron chi connectivity index (χ0n) is 23.9. The smallest absolute Gasteiger partial charge is 0.302 e. The van der Waals surface area contributed by atoms with Crippen LogP contribution in [0.2, 0.25) is 0 Å². The maximum Gasteiger partial charge on any atom is 0.302 e. The Morgan fingerprint density at radius 2 is 1.97 bits per heavy atom. The van der Waals surface area contributed by atoms with Crippen LogP contribution in [0.15, 0.2) is 28.5 Å². The summed E-state index contributed by atoms with van der Waals surface area (Å²) in [5, 5.41) is 4.44. The molecule has 4 nitrogen and oxygen atoms in total. The maximum atomic E-state index is 11.7. The second-order valence-electron chi connectivity index (χ2n) is 13.1. The van der Waals surface area contributed by atoms with Gasteiger partial charge >= 0.3 is 5.97 Å². The lowest BCUT2D eigenvalue weighted by Crippen LogP contribution is -2.40. The predicted molar refractivity (Wildman–Crippen MR) is 148 cm³/mol. The van der Waals surface area contributed by atoms with E-state index in [0.29, 0.717) is 11.3 Å². The molecular formula is C32H51NO3. The van der Waals surface area contributed by atoms with Crippen molar-refractivity contribution in [2.24, 2.45) is 34.2 Å². The molecule has 202 valence electrons. The Kier molecular flexibility index (Phi) is 8.72. The molecule has 4 rings (SSSR count). The van der Waals surface area contributed by atoms with Crippen LogP contribution in [0.25, 0.3) is 0 Å². The molecule has 0 saturated heterocycles. The first-order valence-corrected chi connectivity index (χ1v) is 15.0. The van der Waals surface area contributed by atoms with Crippen LogP contribution in [-0.2, 0) is 14.4 Å². The standard InChI is InChI=1S/C32H51NO3/c1-7-27-21-32(36-33-27)19-17-28(35-24(5)34)20-26(32)14-13-25-12-9-18-31(6)29(15-16-30(25)31)23(4)11-8-10-22(2)3/h13-14,22-23,28-30H,7-12,15-21H2,1-6H3/b25-13+,26-14-/t23-,28+,29-,30+,31-,32-/m1/s1. The van der Waals surface area contributed by atoms with E-state index in [0.717, 1.165) is 55.6 Å². The molecule has 36 heavy (non-hydrogen) atoms. The van der Waals surface area contributed by atoms with Crippen LogP contribution in [-0.4, -0.2) is 23.4 Å². The minimum Gasteiger partial charge on any atom is -0.462 e. The monoisotopic (exact) mass is 497 g/mol. The molecule has 0 N–H and O–H groups in total. The molecule has 3 fully saturated rings. The van der Waals surface area contributed by atoms with Crippen LogP contribution < -0.4 is 0 Å². The van der Waals surface area contributed by atoms with E-state index in [1.807, 2.05) is 0 Å². The van der Waals surface area contributed by atoms with Crippen LogP contribution in [0.3, 0.4) is 0 Å². The summed E-state index contributed by atoms with van der Waals surface area (Å²) in [6, 6.07) is 0. The van der Waals surface area contributed by atoms with Crippen LogP contribution in [0.5, 0.6) is 0 Å². The van der Waals surface area contributed by atoms with E-state index >= 15 is 0 Å². The summed E-state index contributed by atoms with van der Waals surface area (Å²) in [6.07, 6.45) is 19.8. The molecular weight excluding hydrogens is 446 g/mol. The van der Waals surface area contributed by atoms with Gasteiger partial charge in [0, 0.05) is 19.8 Å². The lowest BCUT2D eigenvalue weighted by Gasteiger charge is -2.44. The molecule has 0 aromatic rings. The highest BCUT2D eigenvalue weighted by Crippen LogP contribution is 2.60. The normalized spacial score (nSPS) is 37.3. The van der Waals surface area contributed by atoms with Crippen LogP contribution in [0.4, 0.5) is 0 Å². The quantitative estimate of drug-likeness (QED) is 0.316. The number of fused-ring (bicyclic) bond motifs is 1. The highest BCUT2D eigenvalue weighted by molar-refractivity contribution is 5.86. The van der Waals surface area contributed by atoms with E-state index in [-0.39, 0.29) is 17.7 Å². The molecule has 1 heterocycles. The average Bonchev–Trinajstić information content (AvgIpc) is 3.40. The van der Waals surface area contributed by atoms with E-state index < -0.39 is 0 Å². The molecule has 0 unspecified atom stereocenters. The van der Waals surface area contributed by atoms with Gasteiger partial charge in [-0.3, -0.25) is 4.79 Å². The fourth-order valence-corrected chi connectivity index (χ4v) is 8.16. The number of rotatable bonds is 8. The number of hydrogen-bond donors (Lipinski definition) is 0. The van der Waals surface area contributed by atoms with Gasteiger partial charge in [-0.2, -0.15) is 0 Å². The number of carbonyl (C=O) groups is 1. The van der Waals surface area contributed by atoms with E-state index in [4.69, 9.17) is 9.57 Å². The molecule has 1 aliphatic heterocycles. The number of nitrogens with zero attached hydrogens (tertiary/aromatic N) is 1. The summed E-state index contributed by atoms with van der Waals surface area (Å²) in [6.45, 7) is 13.5. The zero-order chi connectivity index (χ0) is 25.9. The predicted octanol–water partition coefficient (Wildman–Crippen LogP) is 8.56. The van der Waals surface area contributed by atoms with Crippen molar-refractivity contribution in [3.8, 4) is 0 Å². The molecule has 1 spiro atoms. The van der Waals surface area contributed by atoms with Crippen molar-refractivity contribution in [3.63, 3.8) is 0 Å². The second kappa shape index (κ2) is 11.4. The Labute approximate surface area is 220 Å². The Bertz CT molecular complexity index is 886. The third-order valence-electron chi connectivity index (χ3n) is 10.1. The van der Waals surface area contributed by atoms with Gasteiger partial charge in [0.2, 0.25) is 0 Å². The van der Waals surface area contributed by atoms with Crippen molar-refractivity contribution in [1.82, 2.24) is 0 Å². The van der Waals surface area contributed by atoms with Crippen molar-refractivity contribution in [3.05, 3.63) is 23.3 Å². The number of carbonyl (C=O) groups excluding carboxylic acids is 1. The zero-order valence-corrected chi connectivity index (χ0v) is 23.9. The van der Waals surface area contributed by atoms with Gasteiger partial charge in [0.05, 0.1) is 5.71 Å². The number of oxime groups is 1. The molecule has 0 aromatic carbocycles. The van der Waals surface area contributed by atoms with Gasteiger partial charge in [0.25, 0.3) is 0 Å². The van der Waals surface area contributed by atoms with Crippen molar-refractivity contribution < 1.29 is 14.4 Å². The molecule has 0 bridgehead atoms. The molecule has 3 aliphatic carbocycles. The molecule has 4 heteroatoms. The Morgan fingerprint density at radius 1 is 1.17 bits per heavy atom. The van der Waals surface area contributed by atoms with Crippen LogP contribution in [0, 0.1) is 29.1 Å². The lowest BCUT2D eigenvalue weighted by atomic mass is 9.60. The fourth-order valence-electron chi connectivity index (χ4n) is 8.16. The Hall–Kier alpha value is -1.58. The van der Waals surface area contributed by atoms with Crippen molar-refractivity contribution in [2.45, 2.75) is 137 Å². The first kappa shape index (κ1) is 27.5. The van der Waals surface area contributed by atoms with E-state index in [9.17, 15) is 4.79 Å². The van der Waals surface area contributed by atoms with Crippen molar-refractivity contribution in [2.75, 3.05) is 0 Å². The molecule has 6 atom stereocenters. The number of hydrogen-bond acceptors (Lipinski definition) is 4. The van der Waals surface area contributed by atoms with Crippen LogP contribution in [0.1, 0.15) is 125 Å². The molecule has 0 aromatic heterocycles. The molecule has 4 aliphatic rings. The summed E-state index contributed by atoms with van der Waals surface area (Å²) >= 11 is 0. The van der Waals surface area contributed by atoms with Crippen molar-refractivity contribution >= 4 is 11.7 Å². The molecule has 3 saturated carbocycles. The summed E-state index contributed by atoms with van der Waals surface area (Å²) in [5.74, 6) is 3.00. The van der Waals surface area contributed by atoms with Gasteiger partial charge in [-0.25, -0.2) is 0 Å². The summed E-state index contributed by atoms with van der Waals surface area (Å²) in [4.78, 5) is 17.8.